The van der Waals surface area contributed by atoms with Crippen LogP contribution in [-0.4, -0.2) is 35.2 Å². The van der Waals surface area contributed by atoms with E-state index < -0.39 is 0 Å². The van der Waals surface area contributed by atoms with Gasteiger partial charge in [-0.05, 0) is 13.8 Å². The zero-order valence-corrected chi connectivity index (χ0v) is 32.6. The van der Waals surface area contributed by atoms with E-state index in [9.17, 15) is 0 Å². The number of hydrogen-bond donors (Lipinski definition) is 0. The first-order valence-electron chi connectivity index (χ1n) is 16.0. The SMILES string of the molecule is CC(C)(C)c1ncco1.CC(C)(C)c1ncon1.Cc1cnc(C(C)(C)C)o1.Cc1coc(C(C)(C)C)n1.Cc1nc(C(C)(C)C)no1. The standard InChI is InChI=1S/2C8H13NO.C7H12N2O.C7H11NO.C6H10N2O/c1-6-5-10-7(9-6)8(2,3)4;1-6-5-9-7(10-6)8(2,3)4;1-5-8-6(9-10-5)7(2,3)4;1-7(2,3)6-8-4-5-9-6;1-6(2,3)5-7-4-9-8-5/h2*5H,1-4H3;1-4H3;4-5H,1-3H3;4H,1-3H3. The molecule has 0 aliphatic heterocycles. The van der Waals surface area contributed by atoms with Crippen LogP contribution in [0.5, 0.6) is 0 Å². The lowest BCUT2D eigenvalue weighted by Crippen LogP contribution is -2.13. The van der Waals surface area contributed by atoms with Crippen molar-refractivity contribution in [3.05, 3.63) is 78.0 Å². The molecule has 0 fully saturated rings. The molecule has 5 aromatic rings. The second kappa shape index (κ2) is 16.8. The molecule has 0 amide bonds. The van der Waals surface area contributed by atoms with Crippen molar-refractivity contribution in [1.29, 1.82) is 0 Å². The lowest BCUT2D eigenvalue weighted by atomic mass is 9.96. The van der Waals surface area contributed by atoms with Crippen molar-refractivity contribution in [2.45, 2.75) is 152 Å². The number of hydrogen-bond acceptors (Lipinski definition) is 12. The molecule has 0 aliphatic rings. The van der Waals surface area contributed by atoms with Gasteiger partial charge >= 0.3 is 0 Å². The monoisotopic (exact) mass is 669 g/mol. The Bertz CT molecular complexity index is 1400. The molecule has 0 unspecified atom stereocenters. The van der Waals surface area contributed by atoms with Crippen molar-refractivity contribution in [2.24, 2.45) is 0 Å². The van der Waals surface area contributed by atoms with E-state index in [4.69, 9.17) is 17.8 Å². The summed E-state index contributed by atoms with van der Waals surface area (Å²) in [6.45, 7) is 36.6. The maximum atomic E-state index is 5.34. The Hall–Kier alpha value is -4.09. The molecule has 0 saturated carbocycles. The third kappa shape index (κ3) is 15.7. The summed E-state index contributed by atoms with van der Waals surface area (Å²) in [5.74, 6) is 5.44. The van der Waals surface area contributed by atoms with Crippen LogP contribution in [0, 0.1) is 20.8 Å². The number of nitrogens with zero attached hydrogens (tertiary/aromatic N) is 7. The minimum Gasteiger partial charge on any atom is -0.448 e. The van der Waals surface area contributed by atoms with Crippen LogP contribution in [0.4, 0.5) is 0 Å². The third-order valence-electron chi connectivity index (χ3n) is 5.83. The van der Waals surface area contributed by atoms with E-state index >= 15 is 0 Å². The fourth-order valence-corrected chi connectivity index (χ4v) is 3.10. The number of rotatable bonds is 0. The Labute approximate surface area is 286 Å². The van der Waals surface area contributed by atoms with Crippen LogP contribution in [-0.2, 0) is 27.1 Å². The van der Waals surface area contributed by atoms with Gasteiger partial charge in [0.05, 0.1) is 18.1 Å². The zero-order valence-electron chi connectivity index (χ0n) is 32.6. The molecule has 12 heteroatoms. The Kier molecular flexibility index (Phi) is 14.7. The highest BCUT2D eigenvalue weighted by Crippen LogP contribution is 2.22. The van der Waals surface area contributed by atoms with Crippen LogP contribution < -0.4 is 0 Å². The zero-order chi connectivity index (χ0) is 37.1. The van der Waals surface area contributed by atoms with Gasteiger partial charge in [0.1, 0.15) is 18.3 Å². The van der Waals surface area contributed by atoms with Crippen molar-refractivity contribution in [2.75, 3.05) is 0 Å². The van der Waals surface area contributed by atoms with Gasteiger partial charge in [-0.25, -0.2) is 15.0 Å². The highest BCUT2D eigenvalue weighted by atomic mass is 16.5. The van der Waals surface area contributed by atoms with Gasteiger partial charge in [0.15, 0.2) is 29.3 Å². The summed E-state index contributed by atoms with van der Waals surface area (Å²) >= 11 is 0. The summed E-state index contributed by atoms with van der Waals surface area (Å²) in [5.41, 5.74) is 1.07. The largest absolute Gasteiger partial charge is 0.448 e. The maximum absolute atomic E-state index is 5.34. The van der Waals surface area contributed by atoms with Gasteiger partial charge in [-0.15, -0.1) is 0 Å². The van der Waals surface area contributed by atoms with Gasteiger partial charge in [0.2, 0.25) is 12.3 Å². The van der Waals surface area contributed by atoms with Crippen LogP contribution in [0.15, 0.2) is 53.6 Å². The van der Waals surface area contributed by atoms with Crippen LogP contribution in [0.25, 0.3) is 0 Å². The van der Waals surface area contributed by atoms with Crippen molar-refractivity contribution in [1.82, 2.24) is 35.2 Å². The van der Waals surface area contributed by atoms with Crippen molar-refractivity contribution >= 4 is 0 Å². The number of aromatic nitrogens is 7. The highest BCUT2D eigenvalue weighted by Gasteiger charge is 2.21. The molecule has 268 valence electrons. The van der Waals surface area contributed by atoms with E-state index in [-0.39, 0.29) is 27.1 Å². The lowest BCUT2D eigenvalue weighted by molar-refractivity contribution is 0.375. The van der Waals surface area contributed by atoms with E-state index in [1.165, 1.54) is 6.39 Å². The fraction of sp³-hybridized carbons (Fsp3) is 0.639. The van der Waals surface area contributed by atoms with Crippen LogP contribution in [0.1, 0.15) is 151 Å². The molecule has 0 radical (unpaired) electrons. The van der Waals surface area contributed by atoms with E-state index in [2.05, 4.69) is 123 Å². The Morgan fingerprint density at radius 3 is 1.31 bits per heavy atom. The molecule has 48 heavy (non-hydrogen) atoms. The highest BCUT2D eigenvalue weighted by molar-refractivity contribution is 5.02. The average molecular weight is 670 g/mol. The van der Waals surface area contributed by atoms with Gasteiger partial charge in [-0.1, -0.05) is 114 Å². The molecule has 5 rings (SSSR count). The summed E-state index contributed by atoms with van der Waals surface area (Å²) < 4.78 is 25.1. The maximum Gasteiger partial charge on any atom is 0.223 e. The van der Waals surface area contributed by atoms with E-state index in [0.29, 0.717) is 5.89 Å². The van der Waals surface area contributed by atoms with Gasteiger partial charge in [-0.2, -0.15) is 9.97 Å². The molecule has 0 spiro atoms. The fourth-order valence-electron chi connectivity index (χ4n) is 3.10. The number of aryl methyl sites for hydroxylation is 3. The molecule has 5 aromatic heterocycles. The quantitative estimate of drug-likeness (QED) is 0.154. The van der Waals surface area contributed by atoms with Crippen molar-refractivity contribution < 1.29 is 22.3 Å². The summed E-state index contributed by atoms with van der Waals surface area (Å²) in [5, 5.41) is 7.50. The van der Waals surface area contributed by atoms with Crippen molar-refractivity contribution in [3.8, 4) is 0 Å². The Morgan fingerprint density at radius 1 is 0.542 bits per heavy atom. The molecule has 0 N–H and O–H groups in total. The molecule has 5 heterocycles. The first-order chi connectivity index (χ1) is 21.7. The van der Waals surface area contributed by atoms with Gasteiger partial charge < -0.3 is 22.3 Å². The predicted octanol–water partition coefficient (Wildman–Crippen LogP) is 9.58. The molecule has 0 bridgehead atoms. The molecule has 0 atom stereocenters. The second-order valence-electron chi connectivity index (χ2n) is 16.5. The van der Waals surface area contributed by atoms with E-state index in [1.54, 1.807) is 31.8 Å². The summed E-state index contributed by atoms with van der Waals surface area (Å²) in [7, 11) is 0. The van der Waals surface area contributed by atoms with Gasteiger partial charge in [0.25, 0.3) is 0 Å². The van der Waals surface area contributed by atoms with E-state index in [0.717, 1.165) is 40.8 Å². The second-order valence-corrected chi connectivity index (χ2v) is 16.5. The normalized spacial score (nSPS) is 12.0. The topological polar surface area (TPSA) is 156 Å². The summed E-state index contributed by atoms with van der Waals surface area (Å²) in [4.78, 5) is 20.4. The molecular formula is C36H59N7O5. The van der Waals surface area contributed by atoms with E-state index in [1.807, 2.05) is 34.6 Å². The molecule has 0 saturated heterocycles. The first-order valence-corrected chi connectivity index (χ1v) is 16.0. The van der Waals surface area contributed by atoms with Crippen molar-refractivity contribution in [3.63, 3.8) is 0 Å². The van der Waals surface area contributed by atoms with Gasteiger partial charge in [0, 0.05) is 34.0 Å². The van der Waals surface area contributed by atoms with Crippen LogP contribution >= 0.6 is 0 Å². The van der Waals surface area contributed by atoms with Gasteiger partial charge in [-0.3, -0.25) is 0 Å². The third-order valence-corrected chi connectivity index (χ3v) is 5.83. The average Bonchev–Trinajstić information content (AvgIpc) is 3.75. The Morgan fingerprint density at radius 2 is 1.10 bits per heavy atom. The first kappa shape index (κ1) is 41.9. The smallest absolute Gasteiger partial charge is 0.223 e. The molecule has 0 aliphatic carbocycles. The van der Waals surface area contributed by atoms with Crippen LogP contribution in [0.3, 0.4) is 0 Å². The summed E-state index contributed by atoms with van der Waals surface area (Å²) in [6, 6.07) is 0. The molecule has 0 aromatic carbocycles. The summed E-state index contributed by atoms with van der Waals surface area (Å²) in [6.07, 6.45) is 8.04. The number of oxazole rings is 3. The minimum absolute atomic E-state index is 0.00222. The van der Waals surface area contributed by atoms with Crippen LogP contribution in [0.2, 0.25) is 0 Å². The predicted molar refractivity (Wildman–Crippen MR) is 186 cm³/mol. The minimum atomic E-state index is -0.00222. The molecule has 12 nitrogen and oxygen atoms in total. The molecular weight excluding hydrogens is 610 g/mol. The lowest BCUT2D eigenvalue weighted by Gasteiger charge is -2.11. The Balaban J connectivity index is 0.000000300.